The number of amides is 1. The van der Waals surface area contributed by atoms with E-state index in [1.807, 2.05) is 27.7 Å². The van der Waals surface area contributed by atoms with Crippen molar-refractivity contribution < 1.29 is 19.9 Å². The molecule has 0 aromatic heterocycles. The second-order valence-corrected chi connectivity index (χ2v) is 7.19. The zero-order valence-corrected chi connectivity index (χ0v) is 13.4. The highest BCUT2D eigenvalue weighted by Crippen LogP contribution is 2.36. The van der Waals surface area contributed by atoms with Crippen LogP contribution in [0, 0.1) is 0 Å². The Morgan fingerprint density at radius 1 is 1.10 bits per heavy atom. The fourth-order valence-electron chi connectivity index (χ4n) is 3.23. The number of nitrogens with one attached hydrogen (secondary N) is 1. The van der Waals surface area contributed by atoms with Crippen LogP contribution in [0.2, 0.25) is 0 Å². The zero-order valence-electron chi connectivity index (χ0n) is 13.4. The lowest BCUT2D eigenvalue weighted by Crippen LogP contribution is -2.62. The van der Waals surface area contributed by atoms with Crippen LogP contribution < -0.4 is 5.32 Å². The molecule has 1 fully saturated rings. The van der Waals surface area contributed by atoms with Crippen LogP contribution in [0.15, 0.2) is 0 Å². The van der Waals surface area contributed by atoms with Gasteiger partial charge < -0.3 is 10.4 Å². The van der Waals surface area contributed by atoms with Crippen molar-refractivity contribution in [2.45, 2.75) is 83.3 Å². The number of piperidine rings is 1. The van der Waals surface area contributed by atoms with Gasteiger partial charge in [0.1, 0.15) is 0 Å². The number of aliphatic carboxylic acids is 1. The molecule has 1 heterocycles. The smallest absolute Gasteiger partial charge is 0.303 e. The molecular weight excluding hydrogens is 272 g/mol. The minimum absolute atomic E-state index is 0.00725. The maximum absolute atomic E-state index is 12.2. The quantitative estimate of drug-likeness (QED) is 0.735. The Morgan fingerprint density at radius 2 is 1.57 bits per heavy atom. The molecule has 21 heavy (non-hydrogen) atoms. The highest BCUT2D eigenvalue weighted by molar-refractivity contribution is 5.76. The molecule has 1 aliphatic heterocycles. The van der Waals surface area contributed by atoms with E-state index in [1.165, 1.54) is 0 Å². The highest BCUT2D eigenvalue weighted by Gasteiger charge is 2.46. The summed E-state index contributed by atoms with van der Waals surface area (Å²) in [6.45, 7) is 7.58. The summed E-state index contributed by atoms with van der Waals surface area (Å²) in [6, 6.07) is -0.00725. The summed E-state index contributed by atoms with van der Waals surface area (Å²) in [4.78, 5) is 22.3. The number of hydrogen-bond donors (Lipinski definition) is 2. The second kappa shape index (κ2) is 6.75. The molecule has 1 aliphatic rings. The van der Waals surface area contributed by atoms with E-state index in [2.05, 4.69) is 5.32 Å². The van der Waals surface area contributed by atoms with Crippen molar-refractivity contribution in [1.82, 2.24) is 10.4 Å². The number of carboxylic acids is 1. The molecule has 0 bridgehead atoms. The topological polar surface area (TPSA) is 89.5 Å². The first-order valence-corrected chi connectivity index (χ1v) is 7.53. The van der Waals surface area contributed by atoms with E-state index in [0.717, 1.165) is 5.06 Å². The molecule has 1 saturated heterocycles. The molecule has 0 spiro atoms. The first kappa shape index (κ1) is 17.9. The van der Waals surface area contributed by atoms with Crippen LogP contribution in [0.1, 0.15) is 66.2 Å². The van der Waals surface area contributed by atoms with E-state index in [1.54, 1.807) is 0 Å². The third-order valence-electron chi connectivity index (χ3n) is 4.00. The van der Waals surface area contributed by atoms with Crippen molar-refractivity contribution >= 4 is 11.9 Å². The van der Waals surface area contributed by atoms with Gasteiger partial charge in [-0.05, 0) is 53.4 Å². The first-order valence-electron chi connectivity index (χ1n) is 7.53. The van der Waals surface area contributed by atoms with Gasteiger partial charge in [-0.3, -0.25) is 9.59 Å². The summed E-state index contributed by atoms with van der Waals surface area (Å²) < 4.78 is 0. The van der Waals surface area contributed by atoms with Gasteiger partial charge in [-0.2, -0.15) is 0 Å². The molecule has 0 aromatic carbocycles. The van der Waals surface area contributed by atoms with Crippen LogP contribution >= 0.6 is 0 Å². The number of carbonyl (C=O) groups excluding carboxylic acids is 1. The van der Waals surface area contributed by atoms with Crippen LogP contribution in [0.5, 0.6) is 0 Å². The lowest BCUT2D eigenvalue weighted by atomic mass is 9.79. The average Bonchev–Trinajstić information content (AvgIpc) is 2.30. The Labute approximate surface area is 126 Å². The molecule has 0 aliphatic carbocycles. The Bertz CT molecular complexity index is 375. The maximum Gasteiger partial charge on any atom is 0.303 e. The predicted molar refractivity (Wildman–Crippen MR) is 78.0 cm³/mol. The number of unbranched alkanes of at least 4 members (excludes halogenated alkanes) is 1. The van der Waals surface area contributed by atoms with Crippen molar-refractivity contribution in [3.8, 4) is 0 Å². The van der Waals surface area contributed by atoms with E-state index in [0.29, 0.717) is 32.1 Å². The Hall–Kier alpha value is -1.14. The highest BCUT2D eigenvalue weighted by atomic mass is 16.5. The van der Waals surface area contributed by atoms with Gasteiger partial charge >= 0.3 is 5.97 Å². The number of hydroxylamine groups is 2. The zero-order chi connectivity index (χ0) is 16.3. The average molecular weight is 299 g/mol. The number of nitrogens with zero attached hydrogens (tertiary/aromatic N) is 1. The molecule has 6 nitrogen and oxygen atoms in total. The van der Waals surface area contributed by atoms with E-state index < -0.39 is 17.0 Å². The Balaban J connectivity index is 2.44. The van der Waals surface area contributed by atoms with Gasteiger partial charge in [0, 0.05) is 30.0 Å². The van der Waals surface area contributed by atoms with Gasteiger partial charge in [0.15, 0.2) is 0 Å². The molecular formula is C15H27N2O4. The van der Waals surface area contributed by atoms with Gasteiger partial charge in [-0.25, -0.2) is 0 Å². The van der Waals surface area contributed by atoms with Crippen LogP contribution in [0.25, 0.3) is 0 Å². The van der Waals surface area contributed by atoms with Gasteiger partial charge in [0.25, 0.3) is 0 Å². The number of rotatable bonds is 6. The van der Waals surface area contributed by atoms with Crippen LogP contribution in [-0.2, 0) is 14.8 Å². The fourth-order valence-corrected chi connectivity index (χ4v) is 3.23. The van der Waals surface area contributed by atoms with Crippen molar-refractivity contribution in [3.63, 3.8) is 0 Å². The van der Waals surface area contributed by atoms with Crippen molar-refractivity contribution in [2.75, 3.05) is 0 Å². The lowest BCUT2D eigenvalue weighted by molar-refractivity contribution is -0.290. The van der Waals surface area contributed by atoms with Crippen molar-refractivity contribution in [2.24, 2.45) is 0 Å². The Morgan fingerprint density at radius 3 is 2.05 bits per heavy atom. The van der Waals surface area contributed by atoms with E-state index in [9.17, 15) is 14.8 Å². The van der Waals surface area contributed by atoms with Crippen molar-refractivity contribution in [3.05, 3.63) is 0 Å². The summed E-state index contributed by atoms with van der Waals surface area (Å²) in [5, 5.41) is 24.9. The molecule has 6 heteroatoms. The van der Waals surface area contributed by atoms with E-state index in [4.69, 9.17) is 5.11 Å². The van der Waals surface area contributed by atoms with Gasteiger partial charge in [-0.1, -0.05) is 0 Å². The number of hydrogen-bond acceptors (Lipinski definition) is 3. The Kier molecular flexibility index (Phi) is 5.75. The molecule has 1 radical (unpaired) electrons. The minimum atomic E-state index is -0.832. The molecule has 0 saturated carbocycles. The third kappa shape index (κ3) is 5.28. The normalized spacial score (nSPS) is 22.0. The summed E-state index contributed by atoms with van der Waals surface area (Å²) in [6.07, 6.45) is 2.78. The summed E-state index contributed by atoms with van der Waals surface area (Å²) >= 11 is 0. The van der Waals surface area contributed by atoms with E-state index in [-0.39, 0.29) is 18.4 Å². The molecule has 1 rings (SSSR count). The molecule has 2 N–H and O–H groups in total. The SMILES string of the molecule is CC1(C)CC(NC(=O)CCCCC(=O)O)CC(C)(C)N1[O]. The van der Waals surface area contributed by atoms with Crippen LogP contribution in [-0.4, -0.2) is 39.2 Å². The first-order chi connectivity index (χ1) is 9.54. The standard InChI is InChI=1S/C15H27N2O4/c1-14(2)9-11(10-15(3,4)17(14)21)16-12(18)7-5-6-8-13(19)20/h11H,5-10H2,1-4H3,(H,16,18)(H,19,20). The van der Waals surface area contributed by atoms with Crippen LogP contribution in [0.4, 0.5) is 0 Å². The third-order valence-corrected chi connectivity index (χ3v) is 4.00. The monoisotopic (exact) mass is 299 g/mol. The van der Waals surface area contributed by atoms with Gasteiger partial charge in [0.2, 0.25) is 5.91 Å². The molecule has 1 amide bonds. The summed E-state index contributed by atoms with van der Waals surface area (Å²) in [5.41, 5.74) is -0.994. The molecule has 0 atom stereocenters. The van der Waals surface area contributed by atoms with E-state index >= 15 is 0 Å². The summed E-state index contributed by atoms with van der Waals surface area (Å²) in [5.74, 6) is -0.891. The van der Waals surface area contributed by atoms with Gasteiger partial charge in [0.05, 0.1) is 0 Å². The van der Waals surface area contributed by atoms with Crippen molar-refractivity contribution in [1.29, 1.82) is 0 Å². The number of carbonyl (C=O) groups is 2. The lowest BCUT2D eigenvalue weighted by Gasteiger charge is -2.50. The maximum atomic E-state index is 12.2. The van der Waals surface area contributed by atoms with Gasteiger partial charge in [-0.15, -0.1) is 10.3 Å². The fraction of sp³-hybridized carbons (Fsp3) is 0.867. The predicted octanol–water partition coefficient (Wildman–Crippen LogP) is 2.11. The summed E-state index contributed by atoms with van der Waals surface area (Å²) in [7, 11) is 0. The second-order valence-electron chi connectivity index (χ2n) is 7.19. The van der Waals surface area contributed by atoms with Crippen LogP contribution in [0.3, 0.4) is 0 Å². The number of carboxylic acid groups (broad SMARTS) is 1. The molecule has 121 valence electrons. The molecule has 0 unspecified atom stereocenters. The minimum Gasteiger partial charge on any atom is -0.481 e. The largest absolute Gasteiger partial charge is 0.481 e. The molecule has 0 aromatic rings.